The van der Waals surface area contributed by atoms with Gasteiger partial charge >= 0.3 is 5.97 Å². The van der Waals surface area contributed by atoms with Gasteiger partial charge in [0.05, 0.1) is 23.1 Å². The SMILES string of the molecule is Cn1nc(CC(=O)Nc2ccc(OC(=O)c3ccccc3)cc2)c2ccccc2c1=O. The molecule has 0 atom stereocenters. The molecule has 0 bridgehead atoms. The standard InChI is InChI=1S/C24H19N3O4/c1-27-23(29)20-10-6-5-9-19(20)21(26-27)15-22(28)25-17-11-13-18(14-12-17)31-24(30)16-7-3-2-4-8-16/h2-14H,15H2,1H3,(H,25,28). The van der Waals surface area contributed by atoms with Crippen LogP contribution in [-0.4, -0.2) is 21.7 Å². The maximum absolute atomic E-state index is 12.5. The highest BCUT2D eigenvalue weighted by atomic mass is 16.5. The molecule has 0 saturated heterocycles. The number of fused-ring (bicyclic) bond motifs is 1. The second-order valence-electron chi connectivity index (χ2n) is 6.93. The fourth-order valence-corrected chi connectivity index (χ4v) is 3.21. The number of anilines is 1. The van der Waals surface area contributed by atoms with Crippen molar-refractivity contribution in [3.63, 3.8) is 0 Å². The minimum Gasteiger partial charge on any atom is -0.423 e. The van der Waals surface area contributed by atoms with E-state index >= 15 is 0 Å². The number of benzene rings is 3. The van der Waals surface area contributed by atoms with Crippen LogP contribution < -0.4 is 15.6 Å². The molecule has 0 saturated carbocycles. The Morgan fingerprint density at radius 1 is 0.903 bits per heavy atom. The molecule has 31 heavy (non-hydrogen) atoms. The Kier molecular flexibility index (Phi) is 5.57. The van der Waals surface area contributed by atoms with Crippen molar-refractivity contribution >= 4 is 28.3 Å². The molecule has 0 aliphatic carbocycles. The van der Waals surface area contributed by atoms with Crippen molar-refractivity contribution in [3.8, 4) is 5.75 Å². The second kappa shape index (κ2) is 8.62. The average molecular weight is 413 g/mol. The molecule has 0 spiro atoms. The Labute approximate surface area is 177 Å². The van der Waals surface area contributed by atoms with Crippen molar-refractivity contribution in [1.29, 1.82) is 0 Å². The molecule has 0 aliphatic heterocycles. The summed E-state index contributed by atoms with van der Waals surface area (Å²) < 4.78 is 6.57. The summed E-state index contributed by atoms with van der Waals surface area (Å²) in [5, 5.41) is 8.22. The van der Waals surface area contributed by atoms with Crippen molar-refractivity contribution in [3.05, 3.63) is 100 Å². The Bertz CT molecular complexity index is 1310. The molecule has 154 valence electrons. The quantitative estimate of drug-likeness (QED) is 0.400. The molecule has 7 heteroatoms. The first-order valence-corrected chi connectivity index (χ1v) is 9.63. The van der Waals surface area contributed by atoms with E-state index in [4.69, 9.17) is 4.74 Å². The molecule has 1 aromatic heterocycles. The van der Waals surface area contributed by atoms with Crippen LogP contribution in [0.25, 0.3) is 10.8 Å². The molecule has 1 heterocycles. The largest absolute Gasteiger partial charge is 0.423 e. The zero-order valence-corrected chi connectivity index (χ0v) is 16.7. The third kappa shape index (κ3) is 4.51. The lowest BCUT2D eigenvalue weighted by Crippen LogP contribution is -2.24. The summed E-state index contributed by atoms with van der Waals surface area (Å²) in [5.74, 6) is -0.354. The van der Waals surface area contributed by atoms with Gasteiger partial charge in [0.25, 0.3) is 5.56 Å². The molecular weight excluding hydrogens is 394 g/mol. The van der Waals surface area contributed by atoms with Crippen LogP contribution in [0.4, 0.5) is 5.69 Å². The van der Waals surface area contributed by atoms with Gasteiger partial charge in [0, 0.05) is 18.1 Å². The summed E-state index contributed by atoms with van der Waals surface area (Å²) in [6.07, 6.45) is 0.0133. The second-order valence-corrected chi connectivity index (χ2v) is 6.93. The smallest absolute Gasteiger partial charge is 0.343 e. The summed E-state index contributed by atoms with van der Waals surface area (Å²) in [4.78, 5) is 36.9. The molecule has 0 fully saturated rings. The van der Waals surface area contributed by atoms with Crippen molar-refractivity contribution in [2.24, 2.45) is 7.05 Å². The van der Waals surface area contributed by atoms with Gasteiger partial charge in [-0.25, -0.2) is 9.48 Å². The number of ether oxygens (including phenoxy) is 1. The van der Waals surface area contributed by atoms with E-state index in [1.165, 1.54) is 4.68 Å². The van der Waals surface area contributed by atoms with Crippen LogP contribution in [0.15, 0.2) is 83.7 Å². The summed E-state index contributed by atoms with van der Waals surface area (Å²) >= 11 is 0. The van der Waals surface area contributed by atoms with Gasteiger partial charge in [-0.1, -0.05) is 36.4 Å². The zero-order valence-electron chi connectivity index (χ0n) is 16.7. The number of aryl methyl sites for hydroxylation is 1. The summed E-state index contributed by atoms with van der Waals surface area (Å²) in [7, 11) is 1.56. The molecule has 7 nitrogen and oxygen atoms in total. The van der Waals surface area contributed by atoms with Crippen molar-refractivity contribution in [2.45, 2.75) is 6.42 Å². The highest BCUT2D eigenvalue weighted by molar-refractivity contribution is 5.95. The van der Waals surface area contributed by atoms with Crippen LogP contribution >= 0.6 is 0 Å². The molecule has 1 N–H and O–H groups in total. The van der Waals surface area contributed by atoms with E-state index in [0.29, 0.717) is 33.5 Å². The normalized spacial score (nSPS) is 10.6. The first-order valence-electron chi connectivity index (χ1n) is 9.63. The number of aromatic nitrogens is 2. The first kappa shape index (κ1) is 20.0. The van der Waals surface area contributed by atoms with Crippen molar-refractivity contribution < 1.29 is 14.3 Å². The highest BCUT2D eigenvalue weighted by Crippen LogP contribution is 2.18. The first-order chi connectivity index (χ1) is 15.0. The lowest BCUT2D eigenvalue weighted by molar-refractivity contribution is -0.115. The summed E-state index contributed by atoms with van der Waals surface area (Å²) in [5.41, 5.74) is 1.32. The van der Waals surface area contributed by atoms with Crippen LogP contribution in [0.2, 0.25) is 0 Å². The van der Waals surface area contributed by atoms with Gasteiger partial charge in [0.2, 0.25) is 5.91 Å². The van der Waals surface area contributed by atoms with Gasteiger partial charge in [-0.15, -0.1) is 0 Å². The minimum atomic E-state index is -0.454. The van der Waals surface area contributed by atoms with Gasteiger partial charge in [-0.2, -0.15) is 5.10 Å². The van der Waals surface area contributed by atoms with Crippen molar-refractivity contribution in [1.82, 2.24) is 9.78 Å². The number of rotatable bonds is 5. The van der Waals surface area contributed by atoms with Gasteiger partial charge in [-0.3, -0.25) is 9.59 Å². The highest BCUT2D eigenvalue weighted by Gasteiger charge is 2.13. The molecule has 0 unspecified atom stereocenters. The summed E-state index contributed by atoms with van der Waals surface area (Å²) in [6, 6.07) is 22.3. The number of carbonyl (C=O) groups is 2. The molecule has 4 aromatic rings. The Balaban J connectivity index is 1.44. The molecule has 1 amide bonds. The van der Waals surface area contributed by atoms with E-state index in [2.05, 4.69) is 10.4 Å². The monoisotopic (exact) mass is 413 g/mol. The van der Waals surface area contributed by atoms with E-state index in [0.717, 1.165) is 0 Å². The number of hydrogen-bond donors (Lipinski definition) is 1. The van der Waals surface area contributed by atoms with E-state index in [-0.39, 0.29) is 17.9 Å². The fraction of sp³-hybridized carbons (Fsp3) is 0.0833. The van der Waals surface area contributed by atoms with E-state index in [1.54, 1.807) is 79.8 Å². The number of esters is 1. The topological polar surface area (TPSA) is 90.3 Å². The number of amides is 1. The third-order valence-corrected chi connectivity index (χ3v) is 4.72. The number of nitrogens with zero attached hydrogens (tertiary/aromatic N) is 2. The maximum atomic E-state index is 12.5. The average Bonchev–Trinajstić information content (AvgIpc) is 2.79. The van der Waals surface area contributed by atoms with Gasteiger partial charge in [0.15, 0.2) is 0 Å². The predicted molar refractivity (Wildman–Crippen MR) is 117 cm³/mol. The Hall–Kier alpha value is -4.26. The number of hydrogen-bond acceptors (Lipinski definition) is 5. The van der Waals surface area contributed by atoms with E-state index in [1.807, 2.05) is 6.07 Å². The van der Waals surface area contributed by atoms with E-state index in [9.17, 15) is 14.4 Å². The maximum Gasteiger partial charge on any atom is 0.343 e. The van der Waals surface area contributed by atoms with Crippen LogP contribution in [0.5, 0.6) is 5.75 Å². The van der Waals surface area contributed by atoms with Gasteiger partial charge < -0.3 is 10.1 Å². The van der Waals surface area contributed by atoms with Crippen LogP contribution in [0.1, 0.15) is 16.1 Å². The summed E-state index contributed by atoms with van der Waals surface area (Å²) in [6.45, 7) is 0. The van der Waals surface area contributed by atoms with Gasteiger partial charge in [0.1, 0.15) is 5.75 Å². The third-order valence-electron chi connectivity index (χ3n) is 4.72. The van der Waals surface area contributed by atoms with Crippen molar-refractivity contribution in [2.75, 3.05) is 5.32 Å². The number of carbonyl (C=O) groups excluding carboxylic acids is 2. The van der Waals surface area contributed by atoms with Crippen LogP contribution in [0.3, 0.4) is 0 Å². The minimum absolute atomic E-state index is 0.0133. The Morgan fingerprint density at radius 2 is 1.55 bits per heavy atom. The van der Waals surface area contributed by atoms with Crippen LogP contribution in [-0.2, 0) is 18.3 Å². The zero-order chi connectivity index (χ0) is 21.8. The number of nitrogens with one attached hydrogen (secondary N) is 1. The molecular formula is C24H19N3O4. The molecule has 0 aliphatic rings. The lowest BCUT2D eigenvalue weighted by atomic mass is 10.1. The fourth-order valence-electron chi connectivity index (χ4n) is 3.21. The molecule has 4 rings (SSSR count). The van der Waals surface area contributed by atoms with Gasteiger partial charge in [-0.05, 0) is 42.5 Å². The van der Waals surface area contributed by atoms with Crippen LogP contribution in [0, 0.1) is 0 Å². The predicted octanol–water partition coefficient (Wildman–Crippen LogP) is 3.33. The lowest BCUT2D eigenvalue weighted by Gasteiger charge is -2.09. The van der Waals surface area contributed by atoms with E-state index < -0.39 is 5.97 Å². The molecule has 3 aromatic carbocycles. The molecule has 0 radical (unpaired) electrons. The Morgan fingerprint density at radius 3 is 2.26 bits per heavy atom.